The van der Waals surface area contributed by atoms with Gasteiger partial charge in [0.2, 0.25) is 5.91 Å². The molecule has 0 aromatic rings. The second kappa shape index (κ2) is 4.28. The van der Waals surface area contributed by atoms with Crippen LogP contribution in [0.3, 0.4) is 0 Å². The number of hydrogen-bond donors (Lipinski definition) is 2. The van der Waals surface area contributed by atoms with Crippen LogP contribution in [0.1, 0.15) is 19.3 Å². The van der Waals surface area contributed by atoms with Crippen LogP contribution < -0.4 is 11.1 Å². The number of nitrogens with two attached hydrogens (primary N) is 1. The van der Waals surface area contributed by atoms with Gasteiger partial charge in [-0.15, -0.1) is 0 Å². The summed E-state index contributed by atoms with van der Waals surface area (Å²) in [5.41, 5.74) is 5.68. The van der Waals surface area contributed by atoms with Crippen LogP contribution in [0.2, 0.25) is 0 Å². The minimum Gasteiger partial charge on any atom is -0.341 e. The Labute approximate surface area is 84.8 Å². The molecule has 0 atom stereocenters. The molecule has 0 aromatic heterocycles. The molecule has 80 valence electrons. The van der Waals surface area contributed by atoms with E-state index in [1.54, 1.807) is 0 Å². The Balaban J connectivity index is 1.83. The van der Waals surface area contributed by atoms with Crippen LogP contribution in [0.5, 0.6) is 0 Å². The zero-order chi connectivity index (χ0) is 9.97. The fourth-order valence-electron chi connectivity index (χ4n) is 2.19. The van der Waals surface area contributed by atoms with E-state index in [1.165, 1.54) is 0 Å². The van der Waals surface area contributed by atoms with Gasteiger partial charge in [0, 0.05) is 31.6 Å². The van der Waals surface area contributed by atoms with Crippen molar-refractivity contribution in [1.82, 2.24) is 10.2 Å². The number of nitrogens with one attached hydrogen (secondary N) is 1. The fourth-order valence-corrected chi connectivity index (χ4v) is 2.19. The van der Waals surface area contributed by atoms with Crippen molar-refractivity contribution in [1.29, 1.82) is 0 Å². The van der Waals surface area contributed by atoms with Crippen molar-refractivity contribution in [2.24, 2.45) is 11.7 Å². The molecule has 1 amide bonds. The Kier molecular flexibility index (Phi) is 3.03. The van der Waals surface area contributed by atoms with E-state index in [1.807, 2.05) is 4.90 Å². The lowest BCUT2D eigenvalue weighted by molar-refractivity contribution is -0.138. The Morgan fingerprint density at radius 3 is 2.79 bits per heavy atom. The highest BCUT2D eigenvalue weighted by Crippen LogP contribution is 2.27. The number of hydrogen-bond acceptors (Lipinski definition) is 3. The lowest BCUT2D eigenvalue weighted by Gasteiger charge is -2.35. The van der Waals surface area contributed by atoms with Gasteiger partial charge in [-0.2, -0.15) is 0 Å². The molecule has 0 spiro atoms. The highest BCUT2D eigenvalue weighted by atomic mass is 16.2. The van der Waals surface area contributed by atoms with Crippen molar-refractivity contribution in [3.05, 3.63) is 0 Å². The van der Waals surface area contributed by atoms with Crippen molar-refractivity contribution in [3.63, 3.8) is 0 Å². The molecule has 2 fully saturated rings. The number of carbonyl (C=O) groups excluding carboxylic acids is 1. The minimum atomic E-state index is 0.225. The van der Waals surface area contributed by atoms with E-state index >= 15 is 0 Å². The van der Waals surface area contributed by atoms with E-state index in [9.17, 15) is 4.79 Å². The third-order valence-corrected chi connectivity index (χ3v) is 3.18. The maximum absolute atomic E-state index is 11.9. The molecule has 4 nitrogen and oxygen atoms in total. The second-order valence-electron chi connectivity index (χ2n) is 4.36. The van der Waals surface area contributed by atoms with Crippen molar-refractivity contribution >= 4 is 5.91 Å². The molecule has 2 aliphatic rings. The Morgan fingerprint density at radius 1 is 1.29 bits per heavy atom. The molecule has 1 saturated heterocycles. The summed E-state index contributed by atoms with van der Waals surface area (Å²) in [4.78, 5) is 13.9. The van der Waals surface area contributed by atoms with E-state index < -0.39 is 0 Å². The molecule has 1 aliphatic carbocycles. The zero-order valence-corrected chi connectivity index (χ0v) is 8.54. The molecular weight excluding hydrogens is 178 g/mol. The van der Waals surface area contributed by atoms with Crippen LogP contribution in [0.4, 0.5) is 0 Å². The maximum atomic E-state index is 11.9. The van der Waals surface area contributed by atoms with E-state index in [0.29, 0.717) is 5.91 Å². The van der Waals surface area contributed by atoms with Gasteiger partial charge in [0.05, 0.1) is 0 Å². The average molecular weight is 197 g/mol. The summed E-state index contributed by atoms with van der Waals surface area (Å²) in [6.07, 6.45) is 2.86. The Hall–Kier alpha value is -0.610. The molecule has 2 rings (SSSR count). The first-order valence-electron chi connectivity index (χ1n) is 5.52. The molecule has 14 heavy (non-hydrogen) atoms. The summed E-state index contributed by atoms with van der Waals surface area (Å²) in [7, 11) is 0. The summed E-state index contributed by atoms with van der Waals surface area (Å²) in [6.45, 7) is 3.75. The van der Waals surface area contributed by atoms with E-state index in [-0.39, 0.29) is 12.0 Å². The second-order valence-corrected chi connectivity index (χ2v) is 4.36. The van der Waals surface area contributed by atoms with Crippen LogP contribution in [0.25, 0.3) is 0 Å². The van der Waals surface area contributed by atoms with Crippen LogP contribution in [0, 0.1) is 5.92 Å². The van der Waals surface area contributed by atoms with Gasteiger partial charge in [0.1, 0.15) is 0 Å². The predicted octanol–water partition coefficient (Wildman–Crippen LogP) is -0.454. The maximum Gasteiger partial charge on any atom is 0.225 e. The number of amides is 1. The van der Waals surface area contributed by atoms with Gasteiger partial charge in [-0.1, -0.05) is 0 Å². The molecule has 0 unspecified atom stereocenters. The van der Waals surface area contributed by atoms with Crippen LogP contribution in [-0.4, -0.2) is 43.0 Å². The minimum absolute atomic E-state index is 0.225. The molecule has 3 N–H and O–H groups in total. The van der Waals surface area contributed by atoms with Gasteiger partial charge < -0.3 is 16.0 Å². The van der Waals surface area contributed by atoms with Crippen molar-refractivity contribution < 1.29 is 4.79 Å². The highest BCUT2D eigenvalue weighted by molar-refractivity contribution is 5.80. The molecule has 0 aromatic carbocycles. The fraction of sp³-hybridized carbons (Fsp3) is 0.900. The SMILES string of the molecule is NC1CC(C(=O)N2CCCNCC2)C1. The largest absolute Gasteiger partial charge is 0.341 e. The predicted molar refractivity (Wildman–Crippen MR) is 54.8 cm³/mol. The third kappa shape index (κ3) is 2.07. The van der Waals surface area contributed by atoms with Crippen molar-refractivity contribution in [2.75, 3.05) is 26.2 Å². The molecule has 1 aliphatic heterocycles. The summed E-state index contributed by atoms with van der Waals surface area (Å²) < 4.78 is 0. The van der Waals surface area contributed by atoms with Gasteiger partial charge in [-0.3, -0.25) is 4.79 Å². The number of carbonyl (C=O) groups is 1. The third-order valence-electron chi connectivity index (χ3n) is 3.18. The highest BCUT2D eigenvalue weighted by Gasteiger charge is 2.34. The van der Waals surface area contributed by atoms with E-state index in [2.05, 4.69) is 5.32 Å². The number of rotatable bonds is 1. The quantitative estimate of drug-likeness (QED) is 0.598. The van der Waals surface area contributed by atoms with Gasteiger partial charge in [-0.05, 0) is 25.8 Å². The van der Waals surface area contributed by atoms with Crippen LogP contribution in [-0.2, 0) is 4.79 Å². The number of nitrogens with zero attached hydrogens (tertiary/aromatic N) is 1. The van der Waals surface area contributed by atoms with E-state index in [4.69, 9.17) is 5.73 Å². The lowest BCUT2D eigenvalue weighted by atomic mass is 9.80. The molecule has 1 heterocycles. The molecule has 1 saturated carbocycles. The summed E-state index contributed by atoms with van der Waals surface area (Å²) in [5, 5.41) is 3.30. The zero-order valence-electron chi connectivity index (χ0n) is 8.54. The molecule has 0 bridgehead atoms. The Morgan fingerprint density at radius 2 is 2.07 bits per heavy atom. The Bertz CT molecular complexity index is 205. The normalized spacial score (nSPS) is 33.4. The van der Waals surface area contributed by atoms with Crippen molar-refractivity contribution in [2.45, 2.75) is 25.3 Å². The van der Waals surface area contributed by atoms with Crippen LogP contribution in [0.15, 0.2) is 0 Å². The molecule has 0 radical (unpaired) electrons. The van der Waals surface area contributed by atoms with Crippen LogP contribution >= 0.6 is 0 Å². The molecular formula is C10H19N3O. The topological polar surface area (TPSA) is 58.4 Å². The summed E-state index contributed by atoms with van der Waals surface area (Å²) in [6, 6.07) is 0.272. The van der Waals surface area contributed by atoms with Crippen molar-refractivity contribution in [3.8, 4) is 0 Å². The van der Waals surface area contributed by atoms with Gasteiger partial charge in [-0.25, -0.2) is 0 Å². The van der Waals surface area contributed by atoms with Gasteiger partial charge in [0.15, 0.2) is 0 Å². The van der Waals surface area contributed by atoms with E-state index in [0.717, 1.165) is 45.4 Å². The molecule has 4 heteroatoms. The lowest BCUT2D eigenvalue weighted by Crippen LogP contribution is -2.47. The average Bonchev–Trinajstić information content (AvgIpc) is 2.40. The summed E-state index contributed by atoms with van der Waals surface area (Å²) >= 11 is 0. The van der Waals surface area contributed by atoms with Gasteiger partial charge in [0.25, 0.3) is 0 Å². The standard InChI is InChI=1S/C10H19N3O/c11-9-6-8(7-9)10(14)13-4-1-2-12-3-5-13/h8-9,12H,1-7,11H2. The summed E-state index contributed by atoms with van der Waals surface area (Å²) in [5.74, 6) is 0.554. The first kappa shape index (κ1) is 9.93. The van der Waals surface area contributed by atoms with Gasteiger partial charge >= 0.3 is 0 Å². The monoisotopic (exact) mass is 197 g/mol. The first-order chi connectivity index (χ1) is 6.77. The smallest absolute Gasteiger partial charge is 0.225 e. The first-order valence-corrected chi connectivity index (χ1v) is 5.52.